The number of carboxylic acids is 1. The second kappa shape index (κ2) is 6.55. The molecule has 0 spiro atoms. The van der Waals surface area contributed by atoms with E-state index in [1.54, 1.807) is 0 Å². The van der Waals surface area contributed by atoms with Gasteiger partial charge in [0.05, 0.1) is 25.0 Å². The summed E-state index contributed by atoms with van der Waals surface area (Å²) in [4.78, 5) is 26.6. The number of aliphatic imine (C=N–C) groups is 1. The van der Waals surface area contributed by atoms with Crippen LogP contribution in [0.1, 0.15) is 23.2 Å². The van der Waals surface area contributed by atoms with Crippen LogP contribution in [0, 0.1) is 5.41 Å². The van der Waals surface area contributed by atoms with Crippen LogP contribution >= 0.6 is 0 Å². The monoisotopic (exact) mass is 308 g/mol. The Kier molecular flexibility index (Phi) is 4.75. The lowest BCUT2D eigenvalue weighted by atomic mass is 10.1. The second-order valence-corrected chi connectivity index (χ2v) is 5.23. The molecule has 0 aromatic heterocycles. The topological polar surface area (TPSA) is 88.0 Å². The van der Waals surface area contributed by atoms with Gasteiger partial charge in [0, 0.05) is 11.6 Å². The van der Waals surface area contributed by atoms with Crippen LogP contribution in [-0.4, -0.2) is 43.5 Å². The molecule has 1 saturated carbocycles. The third-order valence-corrected chi connectivity index (χ3v) is 3.48. The summed E-state index contributed by atoms with van der Waals surface area (Å²) in [5, 5.41) is 11.5. The fraction of sp³-hybridized carbons (Fsp3) is 0.400. The highest BCUT2D eigenvalue weighted by Crippen LogP contribution is 2.44. The summed E-state index contributed by atoms with van der Waals surface area (Å²) in [6.45, 7) is -0.575. The van der Waals surface area contributed by atoms with Crippen molar-refractivity contribution in [3.8, 4) is 5.75 Å². The molecule has 1 fully saturated rings. The molecule has 0 atom stereocenters. The Morgan fingerprint density at radius 2 is 2.23 bits per heavy atom. The van der Waals surface area contributed by atoms with Crippen molar-refractivity contribution in [1.29, 1.82) is 0 Å². The van der Waals surface area contributed by atoms with E-state index < -0.39 is 18.1 Å². The first-order valence-corrected chi connectivity index (χ1v) is 6.78. The summed E-state index contributed by atoms with van der Waals surface area (Å²) in [5.74, 6) is -1.21. The molecule has 2 rings (SSSR count). The van der Waals surface area contributed by atoms with E-state index in [2.05, 4.69) is 10.3 Å². The number of benzene rings is 1. The predicted octanol–water partition coefficient (Wildman–Crippen LogP) is 2.15. The Morgan fingerprint density at radius 3 is 2.77 bits per heavy atom. The maximum Gasteiger partial charge on any atom is 0.335 e. The Bertz CT molecular complexity index is 612. The second-order valence-electron chi connectivity index (χ2n) is 5.23. The summed E-state index contributed by atoms with van der Waals surface area (Å²) < 4.78 is 17.7. The number of nitrogens with zero attached hydrogens (tertiary/aromatic N) is 1. The van der Waals surface area contributed by atoms with Crippen molar-refractivity contribution in [2.75, 3.05) is 25.6 Å². The lowest BCUT2D eigenvalue weighted by molar-refractivity contribution is -0.114. The Morgan fingerprint density at radius 1 is 1.50 bits per heavy atom. The molecule has 1 aromatic rings. The van der Waals surface area contributed by atoms with Gasteiger partial charge in [-0.1, -0.05) is 0 Å². The minimum Gasteiger partial charge on any atom is -0.495 e. The number of anilines is 1. The molecule has 1 amide bonds. The zero-order valence-electron chi connectivity index (χ0n) is 12.1. The largest absolute Gasteiger partial charge is 0.495 e. The van der Waals surface area contributed by atoms with Crippen molar-refractivity contribution in [3.05, 3.63) is 23.8 Å². The van der Waals surface area contributed by atoms with E-state index >= 15 is 0 Å². The van der Waals surface area contributed by atoms with Gasteiger partial charge in [0.1, 0.15) is 12.3 Å². The molecular formula is C15H17FN2O4. The van der Waals surface area contributed by atoms with Crippen molar-refractivity contribution in [3.63, 3.8) is 0 Å². The molecule has 1 aromatic carbocycles. The molecule has 0 bridgehead atoms. The quantitative estimate of drug-likeness (QED) is 0.755. The van der Waals surface area contributed by atoms with Gasteiger partial charge < -0.3 is 15.2 Å². The highest BCUT2D eigenvalue weighted by molar-refractivity contribution is 5.96. The predicted molar refractivity (Wildman–Crippen MR) is 79.6 cm³/mol. The SMILES string of the molecule is COc1cc(C(=O)O)ccc1NC(=O)C/N=C/C1(CF)CC1. The Balaban J connectivity index is 1.97. The molecule has 7 heteroatoms. The van der Waals surface area contributed by atoms with E-state index in [0.717, 1.165) is 12.8 Å². The number of ether oxygens (including phenoxy) is 1. The Labute approximate surface area is 127 Å². The van der Waals surface area contributed by atoms with Crippen LogP contribution < -0.4 is 10.1 Å². The first kappa shape index (κ1) is 15.9. The van der Waals surface area contributed by atoms with Gasteiger partial charge in [0.2, 0.25) is 5.91 Å². The van der Waals surface area contributed by atoms with Gasteiger partial charge in [-0.15, -0.1) is 0 Å². The van der Waals surface area contributed by atoms with Crippen molar-refractivity contribution in [2.24, 2.45) is 10.4 Å². The zero-order chi connectivity index (χ0) is 16.2. The van der Waals surface area contributed by atoms with Crippen molar-refractivity contribution in [2.45, 2.75) is 12.8 Å². The van der Waals surface area contributed by atoms with Gasteiger partial charge in [-0.2, -0.15) is 0 Å². The number of hydrogen-bond acceptors (Lipinski definition) is 4. The van der Waals surface area contributed by atoms with Crippen molar-refractivity contribution >= 4 is 23.8 Å². The molecule has 2 N–H and O–H groups in total. The highest BCUT2D eigenvalue weighted by atomic mass is 19.1. The molecule has 0 unspecified atom stereocenters. The third-order valence-electron chi connectivity index (χ3n) is 3.48. The third kappa shape index (κ3) is 3.81. The average Bonchev–Trinajstić information content (AvgIpc) is 3.28. The number of nitrogens with one attached hydrogen (secondary N) is 1. The van der Waals surface area contributed by atoms with Crippen LogP contribution in [0.25, 0.3) is 0 Å². The number of carboxylic acid groups (broad SMARTS) is 1. The number of amides is 1. The minimum atomic E-state index is -1.08. The van der Waals surface area contributed by atoms with Crippen LogP contribution in [0.2, 0.25) is 0 Å². The molecule has 22 heavy (non-hydrogen) atoms. The van der Waals surface area contributed by atoms with Crippen molar-refractivity contribution in [1.82, 2.24) is 0 Å². The van der Waals surface area contributed by atoms with Crippen LogP contribution in [-0.2, 0) is 4.79 Å². The van der Waals surface area contributed by atoms with Gasteiger partial charge in [-0.25, -0.2) is 4.79 Å². The fourth-order valence-electron chi connectivity index (χ4n) is 1.90. The lowest BCUT2D eigenvalue weighted by Gasteiger charge is -2.10. The molecule has 1 aliphatic carbocycles. The molecule has 118 valence electrons. The normalized spacial score (nSPS) is 15.5. The number of aromatic carboxylic acids is 1. The van der Waals surface area contributed by atoms with E-state index in [9.17, 15) is 14.0 Å². The van der Waals surface area contributed by atoms with Crippen LogP contribution in [0.3, 0.4) is 0 Å². The smallest absolute Gasteiger partial charge is 0.335 e. The number of carbonyl (C=O) groups excluding carboxylic acids is 1. The summed E-state index contributed by atoms with van der Waals surface area (Å²) in [5.41, 5.74) is -0.0352. The molecular weight excluding hydrogens is 291 g/mol. The Hall–Kier alpha value is -2.44. The molecule has 1 aliphatic rings. The number of alkyl halides is 1. The number of methoxy groups -OCH3 is 1. The van der Waals surface area contributed by atoms with Gasteiger partial charge in [-0.05, 0) is 31.0 Å². The van der Waals surface area contributed by atoms with E-state index in [-0.39, 0.29) is 23.8 Å². The maximum absolute atomic E-state index is 12.7. The van der Waals surface area contributed by atoms with Crippen LogP contribution in [0.15, 0.2) is 23.2 Å². The van der Waals surface area contributed by atoms with Gasteiger partial charge in [0.25, 0.3) is 0 Å². The molecule has 0 radical (unpaired) electrons. The average molecular weight is 308 g/mol. The van der Waals surface area contributed by atoms with E-state index in [1.807, 2.05) is 0 Å². The summed E-state index contributed by atoms with van der Waals surface area (Å²) in [6.07, 6.45) is 3.04. The first-order valence-electron chi connectivity index (χ1n) is 6.78. The van der Waals surface area contributed by atoms with Crippen LogP contribution in [0.5, 0.6) is 5.75 Å². The molecule has 0 saturated heterocycles. The molecule has 6 nitrogen and oxygen atoms in total. The minimum absolute atomic E-state index is 0.0616. The van der Waals surface area contributed by atoms with Crippen molar-refractivity contribution < 1.29 is 23.8 Å². The van der Waals surface area contributed by atoms with Gasteiger partial charge in [0.15, 0.2) is 0 Å². The molecule has 0 aliphatic heterocycles. The number of hydrogen-bond donors (Lipinski definition) is 2. The summed E-state index contributed by atoms with van der Waals surface area (Å²) >= 11 is 0. The highest BCUT2D eigenvalue weighted by Gasteiger charge is 2.41. The van der Waals surface area contributed by atoms with E-state index in [4.69, 9.17) is 9.84 Å². The number of rotatable bonds is 7. The van der Waals surface area contributed by atoms with E-state index in [1.165, 1.54) is 31.5 Å². The zero-order valence-corrected chi connectivity index (χ0v) is 12.1. The van der Waals surface area contributed by atoms with Gasteiger partial charge in [-0.3, -0.25) is 14.2 Å². The number of halogens is 1. The fourth-order valence-corrected chi connectivity index (χ4v) is 1.90. The summed E-state index contributed by atoms with van der Waals surface area (Å²) in [7, 11) is 1.38. The standard InChI is InChI=1S/C15H17FN2O4/c1-22-12-6-10(14(20)21)2-3-11(12)18-13(19)7-17-9-15(8-16)4-5-15/h2-3,6,9H,4-5,7-8H2,1H3,(H,18,19)(H,20,21)/b17-9+. The first-order chi connectivity index (χ1) is 10.5. The molecule has 0 heterocycles. The van der Waals surface area contributed by atoms with E-state index in [0.29, 0.717) is 5.69 Å². The maximum atomic E-state index is 12.7. The lowest BCUT2D eigenvalue weighted by Crippen LogP contribution is -2.16. The summed E-state index contributed by atoms with van der Waals surface area (Å²) in [6, 6.07) is 4.14. The van der Waals surface area contributed by atoms with Crippen LogP contribution in [0.4, 0.5) is 10.1 Å². The van der Waals surface area contributed by atoms with Gasteiger partial charge >= 0.3 is 5.97 Å². The number of carbonyl (C=O) groups is 2.